The molecule has 2 aliphatic heterocycles. The van der Waals surface area contributed by atoms with E-state index >= 15 is 0 Å². The first kappa shape index (κ1) is 74.9. The van der Waals surface area contributed by atoms with Gasteiger partial charge in [-0.1, -0.05) is 38.2 Å². The van der Waals surface area contributed by atoms with Gasteiger partial charge in [0.15, 0.2) is 12.0 Å². The Hall–Kier alpha value is -11.3. The average molecular weight is 1400 g/mol. The van der Waals surface area contributed by atoms with Crippen LogP contribution >= 0.6 is 0 Å². The van der Waals surface area contributed by atoms with Crippen LogP contribution in [-0.2, 0) is 40.0 Å². The maximum Gasteiger partial charge on any atom is 0.202 e. The lowest BCUT2D eigenvalue weighted by Gasteiger charge is -2.05. The highest BCUT2D eigenvalue weighted by molar-refractivity contribution is 5.88. The van der Waals surface area contributed by atoms with Gasteiger partial charge in [-0.3, -0.25) is 49.9 Å². The molecule has 14 aromatic rings. The molecular formula is C87H99N17O. The van der Waals surface area contributed by atoms with Crippen molar-refractivity contribution >= 4 is 79.4 Å². The van der Waals surface area contributed by atoms with Crippen molar-refractivity contribution in [2.24, 2.45) is 24.1 Å². The molecule has 6 aliphatic rings. The molecule has 18 heteroatoms. The van der Waals surface area contributed by atoms with Crippen LogP contribution in [0.5, 0.6) is 0 Å². The molecule has 0 spiro atoms. The number of oxazole rings is 1. The van der Waals surface area contributed by atoms with E-state index < -0.39 is 0 Å². The summed E-state index contributed by atoms with van der Waals surface area (Å²) in [6, 6.07) is 10.2. The van der Waals surface area contributed by atoms with E-state index in [0.717, 1.165) is 66.6 Å². The Morgan fingerprint density at radius 2 is 0.857 bits per heavy atom. The lowest BCUT2D eigenvalue weighted by atomic mass is 10.1. The Balaban J connectivity index is 0.000000118. The summed E-state index contributed by atoms with van der Waals surface area (Å²) in [5.41, 5.74) is 32.4. The second-order valence-corrected chi connectivity index (χ2v) is 27.5. The molecule has 0 unspecified atom stereocenters. The maximum absolute atomic E-state index is 5.07. The van der Waals surface area contributed by atoms with E-state index in [2.05, 4.69) is 233 Å². The Morgan fingerprint density at radius 1 is 0.381 bits per heavy atom. The van der Waals surface area contributed by atoms with Gasteiger partial charge < -0.3 is 22.7 Å². The second kappa shape index (κ2) is 33.9. The molecule has 14 aromatic heterocycles. The number of aliphatic imine (C=N–C) groups is 2. The number of aromatic nitrogens is 15. The van der Waals surface area contributed by atoms with Gasteiger partial charge in [-0.15, -0.1) is 0 Å². The van der Waals surface area contributed by atoms with E-state index in [-0.39, 0.29) is 0 Å². The Bertz CT molecular complexity index is 5400. The summed E-state index contributed by atoms with van der Waals surface area (Å²) in [6.07, 6.45) is 53.0. The molecule has 105 heavy (non-hydrogen) atoms. The van der Waals surface area contributed by atoms with Crippen LogP contribution in [0.4, 0.5) is 0 Å². The van der Waals surface area contributed by atoms with E-state index in [1.54, 1.807) is 0 Å². The van der Waals surface area contributed by atoms with E-state index in [0.29, 0.717) is 11.2 Å². The van der Waals surface area contributed by atoms with Gasteiger partial charge in [-0.25, -0.2) is 9.97 Å². The van der Waals surface area contributed by atoms with Gasteiger partial charge in [0.25, 0.3) is 0 Å². The summed E-state index contributed by atoms with van der Waals surface area (Å²) < 4.78 is 14.0. The fraction of sp³-hybridized carbons (Fsp3) is 0.322. The molecule has 2 fully saturated rings. The third-order valence-corrected chi connectivity index (χ3v) is 19.6. The van der Waals surface area contributed by atoms with E-state index in [4.69, 9.17) is 4.42 Å². The molecule has 0 atom stereocenters. The van der Waals surface area contributed by atoms with Crippen LogP contribution < -0.4 is 0 Å². The SMILES string of the molecule is CC.Cc1cnc(C)c2c1C=CC2.Cc1cnc(C)c2c1C=NC2.Cc1cnc(C)c2c1ccn2C.Cc1cnc(C)c2c1ccn2C1CC1.Cc1cncc2c1C=CC2.Cc1cncc2c1C=NC2.Cc1cncc2c1ccn2C.Cc1cncc2c1ccn2C1CC1.Cc1nc(C)c2ocnc2n1. The van der Waals surface area contributed by atoms with Crippen molar-refractivity contribution < 1.29 is 4.42 Å². The Kier molecular flexibility index (Phi) is 24.2. The fourth-order valence-corrected chi connectivity index (χ4v) is 13.5. The predicted octanol–water partition coefficient (Wildman–Crippen LogP) is 19.2. The number of nitrogens with zero attached hydrogens (tertiary/aromatic N) is 17. The Labute approximate surface area is 617 Å². The molecule has 20 rings (SSSR count). The standard InChI is InChI=1S/C12H14N2.C11H12N2.C10H12N2.C10H11N.2C9H10N2.C9H9N.C8H8N2.C7H7N3O.C2H6/c1-8-7-13-9(2)12-11(8)5-6-14(12)10-3-4-10;1-8-6-12-7-11-10(8)4-5-13(11)9-2-3-9;1-7-6-11-8(2)10-9(7)4-5-12(10)3;1-7-6-11-8(2)10-5-3-4-9(7)10;1-6-3-11-7(2)9-5-10-4-8(6)9;1-7-5-10-6-9-8(7)3-4-11(9)2;1-7-5-10-6-8-3-2-4-9(7)8;1-6-2-9-3-7-4-10-5-8(6)7;1-4-6-7(8-3-11-6)10-5(2)9-4;1-2/h5-7,10H,3-4H2,1-2H3;4-7,9H,2-3H2,1H3;4-6H,1-3H3;3-4,6H,5H2,1-2H3;3-4H,5H2,1-2H3;3-6H,1-2H3;2,4-6H,3H2,1H3;2-3,5H,4H2,1H3;3H,1-2H3;1-2H3. The minimum absolute atomic E-state index is 0.634. The zero-order valence-electron chi connectivity index (χ0n) is 64.4. The first-order valence-electron chi connectivity index (χ1n) is 36.4. The van der Waals surface area contributed by atoms with Gasteiger partial charge in [0.05, 0.1) is 64.6 Å². The van der Waals surface area contributed by atoms with Gasteiger partial charge in [0, 0.05) is 181 Å². The number of hydrogen-bond acceptors (Lipinski definition) is 14. The molecular weight excluding hydrogens is 1300 g/mol. The molecule has 16 heterocycles. The smallest absolute Gasteiger partial charge is 0.202 e. The minimum Gasteiger partial charge on any atom is -0.440 e. The molecule has 4 aliphatic carbocycles. The van der Waals surface area contributed by atoms with Crippen molar-refractivity contribution in [1.29, 1.82) is 0 Å². The second-order valence-electron chi connectivity index (χ2n) is 27.5. The number of allylic oxidation sites excluding steroid dienone is 2. The zero-order chi connectivity index (χ0) is 74.6. The average Bonchev–Trinajstić information content (AvgIpc) is 1.64. The van der Waals surface area contributed by atoms with Gasteiger partial charge in [-0.2, -0.15) is 4.98 Å². The van der Waals surface area contributed by atoms with Crippen molar-refractivity contribution in [3.05, 3.63) is 265 Å². The molecule has 2 saturated carbocycles. The number of hydrogen-bond donors (Lipinski definition) is 0. The fourth-order valence-electron chi connectivity index (χ4n) is 13.5. The van der Waals surface area contributed by atoms with Crippen LogP contribution in [0, 0.1) is 96.9 Å². The lowest BCUT2D eigenvalue weighted by Crippen LogP contribution is -1.95. The molecule has 0 radical (unpaired) electrons. The third kappa shape index (κ3) is 17.5. The monoisotopic (exact) mass is 1400 g/mol. The highest BCUT2D eigenvalue weighted by Gasteiger charge is 2.26. The number of pyridine rings is 8. The van der Waals surface area contributed by atoms with Crippen LogP contribution in [0.3, 0.4) is 0 Å². The van der Waals surface area contributed by atoms with Crippen molar-refractivity contribution in [2.75, 3.05) is 0 Å². The molecule has 0 saturated heterocycles. The van der Waals surface area contributed by atoms with Gasteiger partial charge in [-0.05, 0) is 226 Å². The summed E-state index contributed by atoms with van der Waals surface area (Å²) in [4.78, 5) is 54.4. The zero-order valence-corrected chi connectivity index (χ0v) is 64.4. The first-order valence-corrected chi connectivity index (χ1v) is 36.4. The number of aryl methyl sites for hydroxylation is 16. The van der Waals surface area contributed by atoms with E-state index in [1.807, 2.05) is 135 Å². The topological polar surface area (TPSA) is 199 Å². The van der Waals surface area contributed by atoms with E-state index in [9.17, 15) is 0 Å². The van der Waals surface area contributed by atoms with Gasteiger partial charge in [0.2, 0.25) is 5.65 Å². The normalized spacial score (nSPS) is 13.3. The van der Waals surface area contributed by atoms with Crippen molar-refractivity contribution in [3.63, 3.8) is 0 Å². The quantitative estimate of drug-likeness (QED) is 0.159. The van der Waals surface area contributed by atoms with Crippen LogP contribution in [0.15, 0.2) is 156 Å². The summed E-state index contributed by atoms with van der Waals surface area (Å²) in [7, 11) is 4.08. The van der Waals surface area contributed by atoms with Crippen LogP contribution in [0.2, 0.25) is 0 Å². The third-order valence-electron chi connectivity index (χ3n) is 19.6. The molecule has 0 aromatic carbocycles. The molecule has 0 N–H and O–H groups in total. The molecule has 0 bridgehead atoms. The van der Waals surface area contributed by atoms with Gasteiger partial charge in [0.1, 0.15) is 5.82 Å². The minimum atomic E-state index is 0.634. The highest BCUT2D eigenvalue weighted by atomic mass is 16.3. The molecule has 0 amide bonds. The van der Waals surface area contributed by atoms with Crippen LogP contribution in [0.25, 0.3) is 67.0 Å². The number of fused-ring (bicyclic) bond motifs is 9. The lowest BCUT2D eigenvalue weighted by molar-refractivity contribution is 0.597. The first-order chi connectivity index (χ1) is 50.7. The van der Waals surface area contributed by atoms with Crippen molar-refractivity contribution in [3.8, 4) is 0 Å². The van der Waals surface area contributed by atoms with Crippen molar-refractivity contribution in [1.82, 2.24) is 73.1 Å². The summed E-state index contributed by atoms with van der Waals surface area (Å²) in [5.74, 6) is 0.726. The van der Waals surface area contributed by atoms with Crippen molar-refractivity contribution in [2.45, 2.75) is 174 Å². The maximum atomic E-state index is 5.07. The van der Waals surface area contributed by atoms with E-state index in [1.165, 1.54) is 170 Å². The summed E-state index contributed by atoms with van der Waals surface area (Å²) >= 11 is 0. The Morgan fingerprint density at radius 3 is 1.50 bits per heavy atom. The molecule has 538 valence electrons. The summed E-state index contributed by atoms with van der Waals surface area (Å²) in [5, 5.41) is 5.32. The highest BCUT2D eigenvalue weighted by Crippen LogP contribution is 2.40. The van der Waals surface area contributed by atoms with Gasteiger partial charge >= 0.3 is 0 Å². The van der Waals surface area contributed by atoms with Crippen LogP contribution in [0.1, 0.15) is 175 Å². The number of rotatable bonds is 2. The van der Waals surface area contributed by atoms with Crippen LogP contribution in [-0.4, -0.2) is 85.5 Å². The molecule has 18 nitrogen and oxygen atoms in total. The summed E-state index contributed by atoms with van der Waals surface area (Å²) in [6.45, 7) is 34.3. The predicted molar refractivity (Wildman–Crippen MR) is 430 cm³/mol. The largest absolute Gasteiger partial charge is 0.440 e.